The van der Waals surface area contributed by atoms with Crippen molar-refractivity contribution >= 4 is 32.6 Å². The molecule has 0 radical (unpaired) electrons. The third-order valence-corrected chi connectivity index (χ3v) is 4.52. The zero-order valence-electron chi connectivity index (χ0n) is 12.1. The van der Waals surface area contributed by atoms with Gasteiger partial charge in [-0.2, -0.15) is 0 Å². The molecule has 0 saturated heterocycles. The largest absolute Gasteiger partial charge is 0.496 e. The topological polar surface area (TPSA) is 42.1 Å². The third-order valence-electron chi connectivity index (χ3n) is 3.61. The maximum atomic E-state index is 13.3. The third kappa shape index (κ3) is 2.86. The van der Waals surface area contributed by atoms with Crippen LogP contribution in [0.2, 0.25) is 0 Å². The van der Waals surface area contributed by atoms with E-state index in [0.717, 1.165) is 0 Å². The van der Waals surface area contributed by atoms with Crippen LogP contribution in [-0.4, -0.2) is 17.9 Å². The van der Waals surface area contributed by atoms with E-state index < -0.39 is 10.6 Å². The Labute approximate surface area is 139 Å². The van der Waals surface area contributed by atoms with E-state index in [2.05, 4.69) is 20.9 Å². The first-order chi connectivity index (χ1) is 11.0. The van der Waals surface area contributed by atoms with E-state index in [4.69, 9.17) is 4.74 Å². The van der Waals surface area contributed by atoms with Crippen molar-refractivity contribution in [1.29, 1.82) is 0 Å². The number of rotatable bonds is 4. The summed E-state index contributed by atoms with van der Waals surface area (Å²) in [4.78, 5) is 14.9. The second-order valence-electron chi connectivity index (χ2n) is 5.01. The summed E-state index contributed by atoms with van der Waals surface area (Å²) in [6, 6.07) is 8.17. The van der Waals surface area contributed by atoms with Gasteiger partial charge in [0, 0.05) is 34.3 Å². The van der Waals surface area contributed by atoms with Gasteiger partial charge in [-0.15, -0.1) is 0 Å². The lowest BCUT2D eigenvalue weighted by atomic mass is 10.0. The van der Waals surface area contributed by atoms with E-state index in [1.807, 2.05) is 0 Å². The molecule has 3 aromatic rings. The average Bonchev–Trinajstić information content (AvgIpc) is 2.96. The Morgan fingerprint density at radius 2 is 1.87 bits per heavy atom. The van der Waals surface area contributed by atoms with Gasteiger partial charge in [-0.05, 0) is 24.3 Å². The number of Topliss-reactive ketones (excluding diaryl/α,β-unsaturated/α-hetero) is 1. The molecule has 0 bridgehead atoms. The van der Waals surface area contributed by atoms with E-state index in [9.17, 15) is 13.6 Å². The highest BCUT2D eigenvalue weighted by Crippen LogP contribution is 2.35. The molecule has 118 valence electrons. The van der Waals surface area contributed by atoms with Crippen LogP contribution in [0, 0.1) is 11.6 Å². The monoisotopic (exact) mass is 379 g/mol. The van der Waals surface area contributed by atoms with Crippen LogP contribution >= 0.6 is 15.9 Å². The molecule has 0 saturated carbocycles. The molecule has 2 aromatic carbocycles. The van der Waals surface area contributed by atoms with Gasteiger partial charge in [0.2, 0.25) is 0 Å². The second kappa shape index (κ2) is 6.12. The molecule has 0 aliphatic heterocycles. The number of carbonyl (C=O) groups excluding carboxylic acids is 1. The van der Waals surface area contributed by atoms with Crippen LogP contribution in [0.4, 0.5) is 8.78 Å². The molecule has 1 atom stereocenters. The van der Waals surface area contributed by atoms with E-state index in [-0.39, 0.29) is 17.3 Å². The number of hydrogen-bond acceptors (Lipinski definition) is 2. The van der Waals surface area contributed by atoms with Crippen molar-refractivity contribution < 1.29 is 18.3 Å². The number of benzene rings is 2. The molecule has 1 aromatic heterocycles. The molecule has 3 rings (SSSR count). The molecule has 0 amide bonds. The number of aromatic amines is 1. The van der Waals surface area contributed by atoms with Crippen molar-refractivity contribution in [3.63, 3.8) is 0 Å². The van der Waals surface area contributed by atoms with Gasteiger partial charge in [-0.3, -0.25) is 4.79 Å². The minimum atomic E-state index is -0.706. The summed E-state index contributed by atoms with van der Waals surface area (Å²) in [6.45, 7) is 0. The predicted molar refractivity (Wildman–Crippen MR) is 87.2 cm³/mol. The number of H-pyrrole nitrogens is 1. The number of fused-ring (bicyclic) bond motifs is 1. The van der Waals surface area contributed by atoms with Gasteiger partial charge in [-0.1, -0.05) is 22.0 Å². The Morgan fingerprint density at radius 3 is 2.61 bits per heavy atom. The van der Waals surface area contributed by atoms with E-state index in [1.165, 1.54) is 43.6 Å². The molecule has 1 N–H and O–H groups in total. The number of ether oxygens (including phenoxy) is 1. The Hall–Kier alpha value is -2.21. The molecule has 1 unspecified atom stereocenters. The number of alkyl halides is 1. The minimum Gasteiger partial charge on any atom is -0.496 e. The average molecular weight is 380 g/mol. The Morgan fingerprint density at radius 1 is 1.17 bits per heavy atom. The number of methoxy groups -OCH3 is 1. The summed E-state index contributed by atoms with van der Waals surface area (Å²) in [5.41, 5.74) is 1.49. The standard InChI is InChI=1S/C17H12BrF2NO2/c1-23-15-7-10(20)3-5-12(15)16(18)17(22)13-8-21-14-6-9(19)2-4-11(13)14/h2-8,16,21H,1H3. The summed E-state index contributed by atoms with van der Waals surface area (Å²) in [7, 11) is 1.41. The van der Waals surface area contributed by atoms with Crippen LogP contribution in [0.15, 0.2) is 42.6 Å². The number of carbonyl (C=O) groups is 1. The highest BCUT2D eigenvalue weighted by Gasteiger charge is 2.25. The highest BCUT2D eigenvalue weighted by molar-refractivity contribution is 9.09. The van der Waals surface area contributed by atoms with Crippen LogP contribution < -0.4 is 4.74 Å². The maximum absolute atomic E-state index is 13.3. The van der Waals surface area contributed by atoms with E-state index in [0.29, 0.717) is 22.0 Å². The summed E-state index contributed by atoms with van der Waals surface area (Å²) >= 11 is 3.35. The Kier molecular flexibility index (Phi) is 4.17. The Bertz CT molecular complexity index is 891. The smallest absolute Gasteiger partial charge is 0.183 e. The summed E-state index contributed by atoms with van der Waals surface area (Å²) < 4.78 is 31.7. The normalized spacial score (nSPS) is 12.3. The van der Waals surface area contributed by atoms with Gasteiger partial charge in [0.05, 0.1) is 7.11 Å². The molecular weight excluding hydrogens is 368 g/mol. The number of hydrogen-bond donors (Lipinski definition) is 1. The zero-order valence-corrected chi connectivity index (χ0v) is 13.7. The molecule has 6 heteroatoms. The van der Waals surface area contributed by atoms with Crippen LogP contribution in [0.3, 0.4) is 0 Å². The Balaban J connectivity index is 2.02. The molecule has 23 heavy (non-hydrogen) atoms. The van der Waals surface area contributed by atoms with E-state index in [1.54, 1.807) is 6.07 Å². The van der Waals surface area contributed by atoms with Gasteiger partial charge in [-0.25, -0.2) is 8.78 Å². The molecule has 1 heterocycles. The zero-order chi connectivity index (χ0) is 16.6. The SMILES string of the molecule is COc1cc(F)ccc1C(Br)C(=O)c1c[nH]c2cc(F)ccc12. The fraction of sp³-hybridized carbons (Fsp3) is 0.118. The molecule has 0 spiro atoms. The number of ketones is 1. The van der Waals surface area contributed by atoms with Crippen molar-refractivity contribution in [3.8, 4) is 5.75 Å². The van der Waals surface area contributed by atoms with Crippen LogP contribution in [-0.2, 0) is 0 Å². The number of nitrogens with one attached hydrogen (secondary N) is 1. The molecule has 3 nitrogen and oxygen atoms in total. The first kappa shape index (κ1) is 15.7. The quantitative estimate of drug-likeness (QED) is 0.523. The summed E-state index contributed by atoms with van der Waals surface area (Å²) in [5, 5.41) is 0.627. The number of aromatic nitrogens is 1. The van der Waals surface area contributed by atoms with Crippen molar-refractivity contribution in [2.24, 2.45) is 0 Å². The van der Waals surface area contributed by atoms with Crippen molar-refractivity contribution in [3.05, 3.63) is 65.4 Å². The fourth-order valence-electron chi connectivity index (χ4n) is 2.47. The van der Waals surface area contributed by atoms with Gasteiger partial charge in [0.25, 0.3) is 0 Å². The van der Waals surface area contributed by atoms with Gasteiger partial charge in [0.1, 0.15) is 22.2 Å². The first-order valence-electron chi connectivity index (χ1n) is 6.79. The first-order valence-corrected chi connectivity index (χ1v) is 7.71. The van der Waals surface area contributed by atoms with Crippen LogP contribution in [0.25, 0.3) is 10.9 Å². The lowest BCUT2D eigenvalue weighted by Crippen LogP contribution is -2.08. The molecule has 0 aliphatic carbocycles. The van der Waals surface area contributed by atoms with Gasteiger partial charge >= 0.3 is 0 Å². The molecule has 0 aliphatic rings. The van der Waals surface area contributed by atoms with Crippen LogP contribution in [0.5, 0.6) is 5.75 Å². The summed E-state index contributed by atoms with van der Waals surface area (Å²) in [5.74, 6) is -0.770. The van der Waals surface area contributed by atoms with Gasteiger partial charge < -0.3 is 9.72 Å². The van der Waals surface area contributed by atoms with Crippen LogP contribution in [0.1, 0.15) is 20.7 Å². The highest BCUT2D eigenvalue weighted by atomic mass is 79.9. The van der Waals surface area contributed by atoms with Crippen molar-refractivity contribution in [2.45, 2.75) is 4.83 Å². The predicted octanol–water partition coefficient (Wildman–Crippen LogP) is 4.77. The van der Waals surface area contributed by atoms with E-state index >= 15 is 0 Å². The fourth-order valence-corrected chi connectivity index (χ4v) is 3.10. The maximum Gasteiger partial charge on any atom is 0.183 e. The molecule has 0 fully saturated rings. The van der Waals surface area contributed by atoms with Gasteiger partial charge in [0.15, 0.2) is 5.78 Å². The lowest BCUT2D eigenvalue weighted by Gasteiger charge is -2.13. The number of halogens is 3. The molecular formula is C17H12BrF2NO2. The lowest BCUT2D eigenvalue weighted by molar-refractivity contribution is 0.0992. The van der Waals surface area contributed by atoms with Crippen molar-refractivity contribution in [1.82, 2.24) is 4.98 Å². The minimum absolute atomic E-state index is 0.229. The van der Waals surface area contributed by atoms with Crippen molar-refractivity contribution in [2.75, 3.05) is 7.11 Å². The summed E-state index contributed by atoms with van der Waals surface area (Å²) in [6.07, 6.45) is 1.54. The second-order valence-corrected chi connectivity index (χ2v) is 5.92.